The lowest BCUT2D eigenvalue weighted by Gasteiger charge is -2.10. The molecular weight excluding hydrogens is 777 g/mol. The molecule has 57 heavy (non-hydrogen) atoms. The van der Waals surface area contributed by atoms with Crippen molar-refractivity contribution >= 4 is 69.0 Å². The number of amides is 2. The molecule has 290 valence electrons. The molecule has 2 aliphatic rings. The number of Topliss-reactive ketones (excluding diaryl/α,β-unsaturated/α-hetero) is 2. The van der Waals surface area contributed by atoms with E-state index >= 15 is 0 Å². The van der Waals surface area contributed by atoms with Crippen LogP contribution < -0.4 is 10.6 Å². The van der Waals surface area contributed by atoms with Gasteiger partial charge in [0, 0.05) is 62.4 Å². The van der Waals surface area contributed by atoms with E-state index in [2.05, 4.69) is 15.6 Å². The van der Waals surface area contributed by atoms with Gasteiger partial charge in [0.1, 0.15) is 5.82 Å². The van der Waals surface area contributed by atoms with Gasteiger partial charge in [-0.05, 0) is 128 Å². The summed E-state index contributed by atoms with van der Waals surface area (Å²) in [5.41, 5.74) is 8.28. The number of nitrogens with zero attached hydrogens (tertiary/aromatic N) is 1. The molecule has 3 aromatic carbocycles. The van der Waals surface area contributed by atoms with Crippen molar-refractivity contribution in [2.45, 2.75) is 59.3 Å². The van der Waals surface area contributed by atoms with Crippen LogP contribution in [0.25, 0.3) is 21.6 Å². The van der Waals surface area contributed by atoms with Gasteiger partial charge >= 0.3 is 0 Å². The zero-order chi connectivity index (χ0) is 40.2. The zero-order valence-electron chi connectivity index (χ0n) is 31.8. The molecule has 0 radical (unpaired) electrons. The molecule has 8 rings (SSSR count). The largest absolute Gasteiger partial charge is 0.322 e. The van der Waals surface area contributed by atoms with Gasteiger partial charge < -0.3 is 10.6 Å². The molecule has 2 fully saturated rings. The predicted molar refractivity (Wildman–Crippen MR) is 229 cm³/mol. The van der Waals surface area contributed by atoms with Crippen LogP contribution in [0.1, 0.15) is 96.0 Å². The van der Waals surface area contributed by atoms with Gasteiger partial charge in [-0.2, -0.15) is 0 Å². The summed E-state index contributed by atoms with van der Waals surface area (Å²) in [5, 5.41) is 10.3. The molecule has 0 unspecified atom stereocenters. The lowest BCUT2D eigenvalue weighted by molar-refractivity contribution is 0.0968. The van der Waals surface area contributed by atoms with Crippen LogP contribution in [-0.2, 0) is 0 Å². The predicted octanol–water partition coefficient (Wildman–Crippen LogP) is 12.4. The molecule has 0 bridgehead atoms. The van der Waals surface area contributed by atoms with E-state index in [1.807, 2.05) is 86.1 Å². The Kier molecular flexibility index (Phi) is 12.2. The molecule has 2 N–H and O–H groups in total. The number of halogens is 2. The normalized spacial score (nSPS) is 13.4. The van der Waals surface area contributed by atoms with Gasteiger partial charge in [-0.3, -0.25) is 24.2 Å². The van der Waals surface area contributed by atoms with E-state index in [1.165, 1.54) is 28.7 Å². The molecule has 0 aliphatic heterocycles. The lowest BCUT2D eigenvalue weighted by atomic mass is 10.0. The van der Waals surface area contributed by atoms with Crippen LogP contribution in [0.15, 0.2) is 96.0 Å². The minimum absolute atomic E-state index is 0.121. The topological polar surface area (TPSA) is 105 Å². The number of carbonyl (C=O) groups is 4. The minimum Gasteiger partial charge on any atom is -0.322 e. The van der Waals surface area contributed by atoms with Crippen molar-refractivity contribution in [3.63, 3.8) is 0 Å². The molecule has 0 saturated heterocycles. The van der Waals surface area contributed by atoms with Gasteiger partial charge in [-0.25, -0.2) is 4.39 Å². The summed E-state index contributed by atoms with van der Waals surface area (Å²) in [6.07, 6.45) is 8.46. The maximum absolute atomic E-state index is 13.5. The summed E-state index contributed by atoms with van der Waals surface area (Å²) < 4.78 is 13.5. The van der Waals surface area contributed by atoms with Crippen LogP contribution in [-0.4, -0.2) is 28.4 Å². The molecule has 7 nitrogen and oxygen atoms in total. The third-order valence-corrected chi connectivity index (χ3v) is 12.5. The minimum atomic E-state index is -0.414. The van der Waals surface area contributed by atoms with Crippen LogP contribution >= 0.6 is 34.3 Å². The molecule has 11 heteroatoms. The van der Waals surface area contributed by atoms with E-state index in [9.17, 15) is 23.6 Å². The van der Waals surface area contributed by atoms with Gasteiger partial charge in [0.25, 0.3) is 11.8 Å². The van der Waals surface area contributed by atoms with Crippen molar-refractivity contribution in [1.29, 1.82) is 0 Å². The second-order valence-electron chi connectivity index (χ2n) is 14.8. The van der Waals surface area contributed by atoms with Crippen LogP contribution in [0.3, 0.4) is 0 Å². The van der Waals surface area contributed by atoms with E-state index in [-0.39, 0.29) is 23.4 Å². The Morgan fingerprint density at radius 3 is 1.82 bits per heavy atom. The number of ketones is 2. The van der Waals surface area contributed by atoms with E-state index in [4.69, 9.17) is 11.6 Å². The van der Waals surface area contributed by atoms with E-state index < -0.39 is 5.82 Å². The second-order valence-corrected chi connectivity index (χ2v) is 17.0. The summed E-state index contributed by atoms with van der Waals surface area (Å²) in [4.78, 5) is 55.8. The first-order chi connectivity index (χ1) is 27.4. The molecule has 2 aliphatic carbocycles. The van der Waals surface area contributed by atoms with Crippen LogP contribution in [0.5, 0.6) is 0 Å². The quantitative estimate of drug-likeness (QED) is 0.120. The van der Waals surface area contributed by atoms with Crippen molar-refractivity contribution < 1.29 is 23.6 Å². The van der Waals surface area contributed by atoms with Gasteiger partial charge in [-0.15, -0.1) is 22.7 Å². The number of benzene rings is 3. The zero-order valence-corrected chi connectivity index (χ0v) is 34.2. The number of thiophene rings is 2. The number of hydrogen-bond acceptors (Lipinski definition) is 7. The molecule has 2 saturated carbocycles. The average Bonchev–Trinajstić information content (AvgIpc) is 4.11. The Balaban J connectivity index is 0.000000174. The lowest BCUT2D eigenvalue weighted by Crippen LogP contribution is -2.13. The van der Waals surface area contributed by atoms with Gasteiger partial charge in [0.15, 0.2) is 11.6 Å². The van der Waals surface area contributed by atoms with Crippen molar-refractivity contribution in [2.24, 2.45) is 11.8 Å². The van der Waals surface area contributed by atoms with Crippen molar-refractivity contribution in [1.82, 2.24) is 4.98 Å². The van der Waals surface area contributed by atoms with Crippen LogP contribution in [0, 0.1) is 38.4 Å². The molecular formula is C46H41ClFN3O4S2. The third-order valence-electron chi connectivity index (χ3n) is 10.2. The molecule has 3 aromatic heterocycles. The number of pyridine rings is 1. The van der Waals surface area contributed by atoms with Crippen molar-refractivity contribution in [3.8, 4) is 21.6 Å². The highest BCUT2D eigenvalue weighted by molar-refractivity contribution is 7.14. The SMILES string of the molecule is Cc1ccc(C(=O)CC2CC2)cc1NC(=O)c1csc(-c2ccc(Cl)cc2)c1.Cc1ccc(C(=O)CC2CC2)cc1NC(=O)c1scc(-c2cncc(F)c2)c1C. The smallest absolute Gasteiger partial charge is 0.266 e. The third kappa shape index (κ3) is 10.2. The summed E-state index contributed by atoms with van der Waals surface area (Å²) >= 11 is 8.76. The number of hydrogen-bond donors (Lipinski definition) is 2. The fraction of sp³-hybridized carbons (Fsp3) is 0.239. The number of nitrogens with one attached hydrogen (secondary N) is 2. The number of carbonyl (C=O) groups excluding carboxylic acids is 4. The Bertz CT molecular complexity index is 2480. The van der Waals surface area contributed by atoms with Gasteiger partial charge in [0.05, 0.1) is 16.6 Å². The van der Waals surface area contributed by atoms with Crippen LogP contribution in [0.2, 0.25) is 5.02 Å². The highest BCUT2D eigenvalue weighted by atomic mass is 35.5. The van der Waals surface area contributed by atoms with Crippen molar-refractivity contribution in [2.75, 3.05) is 10.6 Å². The Morgan fingerprint density at radius 2 is 1.26 bits per heavy atom. The Morgan fingerprint density at radius 1 is 0.684 bits per heavy atom. The van der Waals surface area contributed by atoms with E-state index in [1.54, 1.807) is 18.3 Å². The average molecular weight is 818 g/mol. The summed E-state index contributed by atoms with van der Waals surface area (Å²) in [5.74, 6) is 0.511. The monoisotopic (exact) mass is 817 g/mol. The highest BCUT2D eigenvalue weighted by Gasteiger charge is 2.26. The summed E-state index contributed by atoms with van der Waals surface area (Å²) in [7, 11) is 0. The first-order valence-electron chi connectivity index (χ1n) is 18.9. The number of aromatic nitrogens is 1. The summed E-state index contributed by atoms with van der Waals surface area (Å²) in [6, 6.07) is 21.8. The van der Waals surface area contributed by atoms with Gasteiger partial charge in [-0.1, -0.05) is 48.0 Å². The fourth-order valence-electron chi connectivity index (χ4n) is 6.34. The summed E-state index contributed by atoms with van der Waals surface area (Å²) in [6.45, 7) is 5.67. The maximum Gasteiger partial charge on any atom is 0.266 e. The molecule has 2 amide bonds. The van der Waals surface area contributed by atoms with Crippen molar-refractivity contribution in [3.05, 3.63) is 145 Å². The molecule has 6 aromatic rings. The fourth-order valence-corrected chi connectivity index (χ4v) is 8.36. The van der Waals surface area contributed by atoms with Gasteiger partial charge in [0.2, 0.25) is 0 Å². The Hall–Kier alpha value is -5.29. The Labute approximate surface area is 344 Å². The first kappa shape index (κ1) is 39.9. The molecule has 0 atom stereocenters. The number of anilines is 2. The maximum atomic E-state index is 13.5. The second kappa shape index (κ2) is 17.5. The molecule has 0 spiro atoms. The molecule has 3 heterocycles. The highest BCUT2D eigenvalue weighted by Crippen LogP contribution is 2.36. The standard InChI is InChI=1S/C23H20ClNO2S.C23H21FN2O2S/c1-14-2-5-17(21(26)10-15-3-4-15)11-20(14)25-23(27)18-12-22(28-13-18)16-6-8-19(24)9-7-16;1-13-3-6-16(21(27)7-15-4-5-15)9-20(13)26-23(28)22-14(2)19(12-29-22)17-8-18(24)11-25-10-17/h2,5-9,11-13,15H,3-4,10H2,1H3,(H,25,27);3,6,8-12,15H,4-5,7H2,1-2H3,(H,26,28). The van der Waals surface area contributed by atoms with Crippen LogP contribution in [0.4, 0.5) is 15.8 Å². The first-order valence-corrected chi connectivity index (χ1v) is 21.0. The van der Waals surface area contributed by atoms with E-state index in [0.717, 1.165) is 64.6 Å². The number of aryl methyl sites for hydroxylation is 2. The number of rotatable bonds is 12. The van der Waals surface area contributed by atoms with E-state index in [0.29, 0.717) is 68.2 Å².